The smallest absolute Gasteiger partial charge is 0.0857 e. The lowest BCUT2D eigenvalue weighted by Gasteiger charge is -2.27. The number of β-amino-alcohol motifs (C(OH)–C–C–N with tert-alkyl or cyclic N) is 1. The van der Waals surface area contributed by atoms with Crippen LogP contribution in [0.3, 0.4) is 0 Å². The lowest BCUT2D eigenvalue weighted by molar-refractivity contribution is 0.132. The summed E-state index contributed by atoms with van der Waals surface area (Å²) in [5.74, 6) is 0. The molecule has 3 heteroatoms. The molecule has 0 radical (unpaired) electrons. The molecule has 1 unspecified atom stereocenters. The number of aliphatic hydroxyl groups is 1. The molecule has 0 aliphatic carbocycles. The third-order valence-electron chi connectivity index (χ3n) is 4.12. The molecule has 1 aromatic heterocycles. The molecule has 1 aliphatic heterocycles. The highest BCUT2D eigenvalue weighted by Gasteiger charge is 2.15. The van der Waals surface area contributed by atoms with E-state index in [1.807, 2.05) is 24.3 Å². The van der Waals surface area contributed by atoms with E-state index < -0.39 is 6.10 Å². The van der Waals surface area contributed by atoms with Crippen molar-refractivity contribution >= 4 is 16.9 Å². The molecule has 1 fully saturated rings. The van der Waals surface area contributed by atoms with Crippen molar-refractivity contribution in [3.05, 3.63) is 64.4 Å². The van der Waals surface area contributed by atoms with Gasteiger partial charge in [0.25, 0.3) is 0 Å². The minimum absolute atomic E-state index is 0.421. The van der Waals surface area contributed by atoms with Gasteiger partial charge in [0, 0.05) is 11.4 Å². The van der Waals surface area contributed by atoms with E-state index in [9.17, 15) is 5.11 Å². The standard InChI is InChI=1S/C19H23NOS/c21-17(15-20-11-5-2-6-12-20)14-18(19-10-7-13-22-19)16-8-3-1-4-9-16/h1,3-4,7-10,13-14,17,21H,2,5-6,11-12,15H2/b18-14-. The Morgan fingerprint density at radius 1 is 1.09 bits per heavy atom. The maximum atomic E-state index is 10.5. The third-order valence-corrected chi connectivity index (χ3v) is 5.03. The van der Waals surface area contributed by atoms with Crippen molar-refractivity contribution in [2.75, 3.05) is 19.6 Å². The first-order valence-electron chi connectivity index (χ1n) is 8.04. The summed E-state index contributed by atoms with van der Waals surface area (Å²) in [6, 6.07) is 14.5. The van der Waals surface area contributed by atoms with Gasteiger partial charge in [-0.1, -0.05) is 42.8 Å². The second kappa shape index (κ2) is 7.73. The van der Waals surface area contributed by atoms with Crippen molar-refractivity contribution in [3.63, 3.8) is 0 Å². The average molecular weight is 313 g/mol. The lowest BCUT2D eigenvalue weighted by Crippen LogP contribution is -2.35. The lowest BCUT2D eigenvalue weighted by atomic mass is 10.0. The number of piperidine rings is 1. The van der Waals surface area contributed by atoms with E-state index in [0.717, 1.165) is 25.2 Å². The van der Waals surface area contributed by atoms with E-state index in [4.69, 9.17) is 0 Å². The largest absolute Gasteiger partial charge is 0.388 e. The fourth-order valence-electron chi connectivity index (χ4n) is 3.02. The molecule has 1 atom stereocenters. The van der Waals surface area contributed by atoms with Crippen LogP contribution in [0.1, 0.15) is 29.7 Å². The van der Waals surface area contributed by atoms with Gasteiger partial charge in [-0.05, 0) is 54.6 Å². The first kappa shape index (κ1) is 15.5. The number of hydrogen-bond acceptors (Lipinski definition) is 3. The second-order valence-corrected chi connectivity index (χ2v) is 6.80. The molecule has 1 saturated heterocycles. The van der Waals surface area contributed by atoms with Crippen LogP contribution in [-0.4, -0.2) is 35.7 Å². The van der Waals surface area contributed by atoms with Crippen molar-refractivity contribution in [2.45, 2.75) is 25.4 Å². The van der Waals surface area contributed by atoms with Crippen LogP contribution in [0.15, 0.2) is 53.9 Å². The topological polar surface area (TPSA) is 23.5 Å². The predicted molar refractivity (Wildman–Crippen MR) is 94.1 cm³/mol. The number of likely N-dealkylation sites (tertiary alicyclic amines) is 1. The molecule has 2 heterocycles. The number of hydrogen-bond donors (Lipinski definition) is 1. The summed E-state index contributed by atoms with van der Waals surface area (Å²) in [5, 5.41) is 12.6. The molecule has 0 bridgehead atoms. The van der Waals surface area contributed by atoms with Crippen LogP contribution in [-0.2, 0) is 0 Å². The van der Waals surface area contributed by atoms with Crippen LogP contribution in [0.2, 0.25) is 0 Å². The fraction of sp³-hybridized carbons (Fsp3) is 0.368. The molecular formula is C19H23NOS. The molecule has 116 valence electrons. The van der Waals surface area contributed by atoms with Crippen molar-refractivity contribution in [1.29, 1.82) is 0 Å². The third kappa shape index (κ3) is 4.07. The Morgan fingerprint density at radius 2 is 1.86 bits per heavy atom. The molecule has 1 aromatic carbocycles. The summed E-state index contributed by atoms with van der Waals surface area (Å²) < 4.78 is 0. The Morgan fingerprint density at radius 3 is 2.55 bits per heavy atom. The molecule has 3 rings (SSSR count). The Hall–Kier alpha value is -1.42. The maximum absolute atomic E-state index is 10.5. The minimum Gasteiger partial charge on any atom is -0.388 e. The van der Waals surface area contributed by atoms with Gasteiger partial charge >= 0.3 is 0 Å². The van der Waals surface area contributed by atoms with E-state index in [1.165, 1.54) is 29.7 Å². The molecule has 2 aromatic rings. The summed E-state index contributed by atoms with van der Waals surface area (Å²) in [5.41, 5.74) is 2.31. The molecule has 1 aliphatic rings. The van der Waals surface area contributed by atoms with Gasteiger partial charge in [-0.2, -0.15) is 0 Å². The monoisotopic (exact) mass is 313 g/mol. The van der Waals surface area contributed by atoms with Gasteiger partial charge in [-0.3, -0.25) is 0 Å². The molecule has 0 spiro atoms. The van der Waals surface area contributed by atoms with E-state index >= 15 is 0 Å². The molecule has 22 heavy (non-hydrogen) atoms. The summed E-state index contributed by atoms with van der Waals surface area (Å²) in [6.07, 6.45) is 5.44. The zero-order chi connectivity index (χ0) is 15.2. The Balaban J connectivity index is 1.79. The SMILES string of the molecule is OC(/C=C(/c1ccccc1)c1cccs1)CN1CCCCC1. The number of benzene rings is 1. The van der Waals surface area contributed by atoms with Crippen molar-refractivity contribution in [1.82, 2.24) is 4.90 Å². The van der Waals surface area contributed by atoms with Crippen LogP contribution in [0.5, 0.6) is 0 Å². The molecule has 0 amide bonds. The number of aliphatic hydroxyl groups excluding tert-OH is 1. The predicted octanol–water partition coefficient (Wildman–Crippen LogP) is 4.03. The quantitative estimate of drug-likeness (QED) is 0.901. The molecular weight excluding hydrogens is 290 g/mol. The number of thiophene rings is 1. The van der Waals surface area contributed by atoms with E-state index in [2.05, 4.69) is 34.5 Å². The number of nitrogens with zero attached hydrogens (tertiary/aromatic N) is 1. The summed E-state index contributed by atoms with van der Waals surface area (Å²) >= 11 is 1.72. The minimum atomic E-state index is -0.421. The Labute approximate surface area is 136 Å². The van der Waals surface area contributed by atoms with Crippen LogP contribution >= 0.6 is 11.3 Å². The first-order chi connectivity index (χ1) is 10.8. The van der Waals surface area contributed by atoms with Crippen LogP contribution < -0.4 is 0 Å². The first-order valence-corrected chi connectivity index (χ1v) is 8.92. The summed E-state index contributed by atoms with van der Waals surface area (Å²) in [6.45, 7) is 2.97. The van der Waals surface area contributed by atoms with Crippen LogP contribution in [0.4, 0.5) is 0 Å². The maximum Gasteiger partial charge on any atom is 0.0857 e. The number of rotatable bonds is 5. The van der Waals surface area contributed by atoms with E-state index in [-0.39, 0.29) is 0 Å². The van der Waals surface area contributed by atoms with Gasteiger partial charge in [-0.15, -0.1) is 11.3 Å². The van der Waals surface area contributed by atoms with Gasteiger partial charge in [0.05, 0.1) is 6.10 Å². The molecule has 2 nitrogen and oxygen atoms in total. The highest BCUT2D eigenvalue weighted by molar-refractivity contribution is 7.11. The van der Waals surface area contributed by atoms with Gasteiger partial charge in [0.15, 0.2) is 0 Å². The zero-order valence-electron chi connectivity index (χ0n) is 12.8. The summed E-state index contributed by atoms with van der Waals surface area (Å²) in [7, 11) is 0. The fourth-order valence-corrected chi connectivity index (χ4v) is 3.80. The Bertz CT molecular complexity index is 585. The average Bonchev–Trinajstić information content (AvgIpc) is 3.08. The molecule has 0 saturated carbocycles. The highest BCUT2D eigenvalue weighted by Crippen LogP contribution is 2.27. The Kier molecular flexibility index (Phi) is 5.43. The van der Waals surface area contributed by atoms with E-state index in [1.54, 1.807) is 11.3 Å². The van der Waals surface area contributed by atoms with Crippen molar-refractivity contribution in [3.8, 4) is 0 Å². The van der Waals surface area contributed by atoms with E-state index in [0.29, 0.717) is 0 Å². The zero-order valence-corrected chi connectivity index (χ0v) is 13.6. The normalized spacial score (nSPS) is 18.3. The van der Waals surface area contributed by atoms with Gasteiger partial charge < -0.3 is 10.0 Å². The van der Waals surface area contributed by atoms with Gasteiger partial charge in [0.2, 0.25) is 0 Å². The van der Waals surface area contributed by atoms with Crippen LogP contribution in [0.25, 0.3) is 5.57 Å². The van der Waals surface area contributed by atoms with Crippen molar-refractivity contribution in [2.24, 2.45) is 0 Å². The van der Waals surface area contributed by atoms with Gasteiger partial charge in [-0.25, -0.2) is 0 Å². The molecule has 1 N–H and O–H groups in total. The van der Waals surface area contributed by atoms with Gasteiger partial charge in [0.1, 0.15) is 0 Å². The highest BCUT2D eigenvalue weighted by atomic mass is 32.1. The van der Waals surface area contributed by atoms with Crippen LogP contribution in [0, 0.1) is 0 Å². The second-order valence-electron chi connectivity index (χ2n) is 5.85. The van der Waals surface area contributed by atoms with Crippen molar-refractivity contribution < 1.29 is 5.11 Å². The summed E-state index contributed by atoms with van der Waals surface area (Å²) in [4.78, 5) is 3.59.